The molecule has 0 aliphatic heterocycles. The Kier molecular flexibility index (Phi) is 8.81. The Morgan fingerprint density at radius 1 is 1.22 bits per heavy atom. The number of nitrogens with zero attached hydrogens (tertiary/aromatic N) is 3. The van der Waals surface area contributed by atoms with Gasteiger partial charge in [0.05, 0.1) is 11.7 Å². The SMILES string of the molecule is CCc1noc(CC)c1CNC(=NC)NCC(c1ccsc1)N(CC)CC. The lowest BCUT2D eigenvalue weighted by Crippen LogP contribution is -2.43. The number of thiophene rings is 1. The molecule has 2 aromatic heterocycles. The van der Waals surface area contributed by atoms with E-state index in [1.165, 1.54) is 5.56 Å². The summed E-state index contributed by atoms with van der Waals surface area (Å²) in [7, 11) is 1.81. The highest BCUT2D eigenvalue weighted by Crippen LogP contribution is 2.22. The number of rotatable bonds is 10. The van der Waals surface area contributed by atoms with Gasteiger partial charge in [-0.25, -0.2) is 0 Å². The van der Waals surface area contributed by atoms with Crippen molar-refractivity contribution in [3.63, 3.8) is 0 Å². The zero-order chi connectivity index (χ0) is 19.6. The Labute approximate surface area is 167 Å². The van der Waals surface area contributed by atoms with Gasteiger partial charge in [-0.2, -0.15) is 11.3 Å². The number of hydrogen-bond acceptors (Lipinski definition) is 5. The van der Waals surface area contributed by atoms with E-state index >= 15 is 0 Å². The van der Waals surface area contributed by atoms with Gasteiger partial charge in [0, 0.05) is 32.1 Å². The molecule has 0 aliphatic rings. The second kappa shape index (κ2) is 11.1. The van der Waals surface area contributed by atoms with Crippen LogP contribution in [-0.4, -0.2) is 42.7 Å². The van der Waals surface area contributed by atoms with Crippen molar-refractivity contribution < 1.29 is 4.52 Å². The van der Waals surface area contributed by atoms with Crippen molar-refractivity contribution in [1.29, 1.82) is 0 Å². The molecule has 0 saturated carbocycles. The maximum atomic E-state index is 5.45. The van der Waals surface area contributed by atoms with Crippen molar-refractivity contribution in [3.05, 3.63) is 39.4 Å². The molecule has 0 fully saturated rings. The fraction of sp³-hybridized carbons (Fsp3) is 0.600. The molecule has 7 heteroatoms. The van der Waals surface area contributed by atoms with Crippen LogP contribution in [0, 0.1) is 0 Å². The molecule has 1 atom stereocenters. The number of nitrogens with one attached hydrogen (secondary N) is 2. The van der Waals surface area contributed by atoms with Crippen LogP contribution < -0.4 is 10.6 Å². The predicted octanol–water partition coefficient (Wildman–Crippen LogP) is 3.61. The molecule has 1 unspecified atom stereocenters. The van der Waals surface area contributed by atoms with Crippen molar-refractivity contribution in [2.75, 3.05) is 26.7 Å². The maximum absolute atomic E-state index is 5.45. The molecule has 0 spiro atoms. The minimum Gasteiger partial charge on any atom is -0.361 e. The molecule has 2 heterocycles. The Morgan fingerprint density at radius 2 is 2.00 bits per heavy atom. The van der Waals surface area contributed by atoms with E-state index in [4.69, 9.17) is 4.52 Å². The lowest BCUT2D eigenvalue weighted by atomic mass is 10.1. The monoisotopic (exact) mass is 391 g/mol. The van der Waals surface area contributed by atoms with Gasteiger partial charge in [0.25, 0.3) is 0 Å². The molecule has 2 aromatic rings. The average molecular weight is 392 g/mol. The normalized spacial score (nSPS) is 13.2. The van der Waals surface area contributed by atoms with Crippen molar-refractivity contribution in [2.24, 2.45) is 4.99 Å². The highest BCUT2D eigenvalue weighted by atomic mass is 32.1. The first kappa shape index (κ1) is 21.4. The third-order valence-electron chi connectivity index (χ3n) is 4.91. The number of guanidine groups is 1. The van der Waals surface area contributed by atoms with Gasteiger partial charge in [-0.15, -0.1) is 0 Å². The lowest BCUT2D eigenvalue weighted by Gasteiger charge is -2.30. The first-order chi connectivity index (χ1) is 13.2. The Hall–Kier alpha value is -1.86. The summed E-state index contributed by atoms with van der Waals surface area (Å²) in [5.41, 5.74) is 3.53. The highest BCUT2D eigenvalue weighted by molar-refractivity contribution is 7.07. The number of likely N-dealkylation sites (N-methyl/N-ethyl adjacent to an activating group) is 1. The van der Waals surface area contributed by atoms with E-state index in [1.807, 2.05) is 0 Å². The standard InChI is InChI=1S/C20H33N5OS/c1-6-17-16(19(7-2)26-24-17)12-22-20(21-5)23-13-18(25(8-3)9-4)15-10-11-27-14-15/h10-11,14,18H,6-9,12-13H2,1-5H3,(H2,21,22,23). The van der Waals surface area contributed by atoms with Crippen LogP contribution in [0.15, 0.2) is 26.3 Å². The Morgan fingerprint density at radius 3 is 2.56 bits per heavy atom. The number of hydrogen-bond donors (Lipinski definition) is 2. The van der Waals surface area contributed by atoms with Crippen molar-refractivity contribution in [3.8, 4) is 0 Å². The van der Waals surface area contributed by atoms with Gasteiger partial charge in [-0.3, -0.25) is 9.89 Å². The van der Waals surface area contributed by atoms with Crippen LogP contribution in [0.2, 0.25) is 0 Å². The summed E-state index contributed by atoms with van der Waals surface area (Å²) in [6, 6.07) is 2.54. The predicted molar refractivity (Wildman–Crippen MR) is 113 cm³/mol. The van der Waals surface area contributed by atoms with Gasteiger partial charge >= 0.3 is 0 Å². The molecule has 2 N–H and O–H groups in total. The Bertz CT molecular complexity index is 670. The molecule has 0 bridgehead atoms. The van der Waals surface area contributed by atoms with E-state index in [1.54, 1.807) is 18.4 Å². The van der Waals surface area contributed by atoms with Crippen LogP contribution in [0.5, 0.6) is 0 Å². The van der Waals surface area contributed by atoms with Crippen LogP contribution >= 0.6 is 11.3 Å². The second-order valence-electron chi connectivity index (χ2n) is 6.34. The van der Waals surface area contributed by atoms with Gasteiger partial charge in [0.15, 0.2) is 5.96 Å². The van der Waals surface area contributed by atoms with Gasteiger partial charge in [0.2, 0.25) is 0 Å². The summed E-state index contributed by atoms with van der Waals surface area (Å²) in [5, 5.41) is 15.5. The lowest BCUT2D eigenvalue weighted by molar-refractivity contribution is 0.219. The fourth-order valence-electron chi connectivity index (χ4n) is 3.31. The third-order valence-corrected chi connectivity index (χ3v) is 5.61. The van der Waals surface area contributed by atoms with Crippen LogP contribution in [0.4, 0.5) is 0 Å². The van der Waals surface area contributed by atoms with Crippen LogP contribution in [-0.2, 0) is 19.4 Å². The van der Waals surface area contributed by atoms with Gasteiger partial charge in [-0.1, -0.05) is 32.9 Å². The van der Waals surface area contributed by atoms with Crippen molar-refractivity contribution in [2.45, 2.75) is 53.1 Å². The molecule has 0 saturated heterocycles. The molecule has 150 valence electrons. The number of aliphatic imine (C=N–C) groups is 1. The molecule has 2 rings (SSSR count). The van der Waals surface area contributed by atoms with Crippen LogP contribution in [0.25, 0.3) is 0 Å². The summed E-state index contributed by atoms with van der Waals surface area (Å²) in [6.45, 7) is 12.1. The van der Waals surface area contributed by atoms with E-state index in [9.17, 15) is 0 Å². The summed E-state index contributed by atoms with van der Waals surface area (Å²) >= 11 is 1.75. The molecular formula is C20H33N5OS. The molecule has 0 amide bonds. The zero-order valence-electron chi connectivity index (χ0n) is 17.2. The molecule has 0 aliphatic carbocycles. The number of aryl methyl sites for hydroxylation is 2. The summed E-state index contributed by atoms with van der Waals surface area (Å²) < 4.78 is 5.45. The molecular weight excluding hydrogens is 358 g/mol. The van der Waals surface area contributed by atoms with E-state index < -0.39 is 0 Å². The minimum absolute atomic E-state index is 0.331. The fourth-order valence-corrected chi connectivity index (χ4v) is 4.02. The largest absolute Gasteiger partial charge is 0.361 e. The van der Waals surface area contributed by atoms with Crippen molar-refractivity contribution >= 4 is 17.3 Å². The molecule has 6 nitrogen and oxygen atoms in total. The van der Waals surface area contributed by atoms with Gasteiger partial charge < -0.3 is 15.2 Å². The first-order valence-corrected chi connectivity index (χ1v) is 10.8. The average Bonchev–Trinajstić information content (AvgIpc) is 3.36. The minimum atomic E-state index is 0.331. The zero-order valence-corrected chi connectivity index (χ0v) is 18.0. The smallest absolute Gasteiger partial charge is 0.191 e. The molecule has 0 radical (unpaired) electrons. The summed E-state index contributed by atoms with van der Waals surface area (Å²) in [6.07, 6.45) is 1.72. The summed E-state index contributed by atoms with van der Waals surface area (Å²) in [5.74, 6) is 1.75. The van der Waals surface area contributed by atoms with Gasteiger partial charge in [-0.05, 0) is 41.9 Å². The Balaban J connectivity index is 2.01. The van der Waals surface area contributed by atoms with Gasteiger partial charge in [0.1, 0.15) is 5.76 Å². The third kappa shape index (κ3) is 5.56. The molecule has 27 heavy (non-hydrogen) atoms. The number of aromatic nitrogens is 1. The quantitative estimate of drug-likeness (QED) is 0.478. The molecule has 0 aromatic carbocycles. The van der Waals surface area contributed by atoms with E-state index in [0.29, 0.717) is 12.6 Å². The van der Waals surface area contributed by atoms with Crippen LogP contribution in [0.3, 0.4) is 0 Å². The van der Waals surface area contributed by atoms with E-state index in [-0.39, 0.29) is 0 Å². The van der Waals surface area contributed by atoms with Crippen molar-refractivity contribution in [1.82, 2.24) is 20.7 Å². The first-order valence-electron chi connectivity index (χ1n) is 9.85. The van der Waals surface area contributed by atoms with E-state index in [0.717, 1.165) is 55.5 Å². The highest BCUT2D eigenvalue weighted by Gasteiger charge is 2.19. The van der Waals surface area contributed by atoms with E-state index in [2.05, 4.69) is 70.2 Å². The maximum Gasteiger partial charge on any atom is 0.191 e. The van der Waals surface area contributed by atoms with Crippen LogP contribution in [0.1, 0.15) is 56.3 Å². The summed E-state index contributed by atoms with van der Waals surface area (Å²) in [4.78, 5) is 6.86. The second-order valence-corrected chi connectivity index (χ2v) is 7.12. The topological polar surface area (TPSA) is 65.7 Å².